The Kier molecular flexibility index (Phi) is 7.77. The number of carbonyl (C=O) groups is 2. The van der Waals surface area contributed by atoms with Crippen molar-refractivity contribution in [2.45, 2.75) is 55.9 Å². The standard InChI is InChI=1S/C21H33N5O4S/c1-25(2)19-11-10-17(31(29,30)26-12-6-3-7-13-26)14-18(19)22-15-20(27)24-21(28)23-16-8-4-5-9-16/h10-11,14,16,22H,3-9,12-13,15H2,1-2H3,(H2,23,24,27,28). The maximum Gasteiger partial charge on any atom is 0.321 e. The maximum absolute atomic E-state index is 13.0. The fraction of sp³-hybridized carbons (Fsp3) is 0.619. The molecule has 1 aromatic carbocycles. The third-order valence-electron chi connectivity index (χ3n) is 5.79. The predicted octanol–water partition coefficient (Wildman–Crippen LogP) is 2.11. The van der Waals surface area contributed by atoms with Crippen LogP contribution in [0.1, 0.15) is 44.9 Å². The molecular weight excluding hydrogens is 418 g/mol. The second-order valence-electron chi connectivity index (χ2n) is 8.39. The van der Waals surface area contributed by atoms with Crippen LogP contribution < -0.4 is 20.9 Å². The van der Waals surface area contributed by atoms with Gasteiger partial charge in [0.25, 0.3) is 0 Å². The van der Waals surface area contributed by atoms with Crippen molar-refractivity contribution in [3.05, 3.63) is 18.2 Å². The fourth-order valence-corrected chi connectivity index (χ4v) is 5.64. The molecular formula is C21H33N5O4S. The molecule has 3 amide bonds. The van der Waals surface area contributed by atoms with E-state index < -0.39 is 22.0 Å². The highest BCUT2D eigenvalue weighted by molar-refractivity contribution is 7.89. The van der Waals surface area contributed by atoms with E-state index in [0.29, 0.717) is 18.8 Å². The number of hydrogen-bond donors (Lipinski definition) is 3. The van der Waals surface area contributed by atoms with Crippen molar-refractivity contribution in [1.82, 2.24) is 14.9 Å². The summed E-state index contributed by atoms with van der Waals surface area (Å²) in [6.45, 7) is 0.907. The van der Waals surface area contributed by atoms with Crippen molar-refractivity contribution in [3.63, 3.8) is 0 Å². The number of nitrogens with zero attached hydrogens (tertiary/aromatic N) is 2. The van der Waals surface area contributed by atoms with Crippen LogP contribution in [0.15, 0.2) is 23.1 Å². The van der Waals surface area contributed by atoms with Crippen LogP contribution in [0.3, 0.4) is 0 Å². The van der Waals surface area contributed by atoms with Crippen LogP contribution in [-0.2, 0) is 14.8 Å². The lowest BCUT2D eigenvalue weighted by atomic mass is 10.2. The summed E-state index contributed by atoms with van der Waals surface area (Å²) in [5.74, 6) is -0.482. The van der Waals surface area contributed by atoms with Gasteiger partial charge in [-0.25, -0.2) is 13.2 Å². The number of rotatable bonds is 7. The van der Waals surface area contributed by atoms with E-state index in [9.17, 15) is 18.0 Å². The Labute approximate surface area is 184 Å². The number of piperidine rings is 1. The van der Waals surface area contributed by atoms with E-state index in [1.807, 2.05) is 19.0 Å². The molecule has 31 heavy (non-hydrogen) atoms. The average molecular weight is 452 g/mol. The first-order valence-electron chi connectivity index (χ1n) is 10.9. The summed E-state index contributed by atoms with van der Waals surface area (Å²) < 4.78 is 27.6. The molecule has 1 saturated heterocycles. The molecule has 0 bridgehead atoms. The fourth-order valence-electron chi connectivity index (χ4n) is 4.10. The van der Waals surface area contributed by atoms with Gasteiger partial charge in [0.05, 0.1) is 22.8 Å². The smallest absolute Gasteiger partial charge is 0.321 e. The molecule has 1 aliphatic carbocycles. The lowest BCUT2D eigenvalue weighted by molar-refractivity contribution is -0.118. The van der Waals surface area contributed by atoms with E-state index in [-0.39, 0.29) is 17.5 Å². The summed E-state index contributed by atoms with van der Waals surface area (Å²) in [4.78, 5) is 26.3. The first-order chi connectivity index (χ1) is 14.8. The van der Waals surface area contributed by atoms with Crippen molar-refractivity contribution >= 4 is 33.3 Å². The lowest BCUT2D eigenvalue weighted by Crippen LogP contribution is -2.45. The number of carbonyl (C=O) groups excluding carboxylic acids is 2. The number of hydrogen-bond acceptors (Lipinski definition) is 6. The zero-order valence-electron chi connectivity index (χ0n) is 18.3. The van der Waals surface area contributed by atoms with Crippen LogP contribution in [0.2, 0.25) is 0 Å². The van der Waals surface area contributed by atoms with Crippen molar-refractivity contribution in [2.24, 2.45) is 0 Å². The molecule has 10 heteroatoms. The quantitative estimate of drug-likeness (QED) is 0.586. The molecule has 1 aliphatic heterocycles. The summed E-state index contributed by atoms with van der Waals surface area (Å²) in [5.41, 5.74) is 1.27. The Balaban J connectivity index is 1.66. The Bertz CT molecular complexity index is 891. The maximum atomic E-state index is 13.0. The van der Waals surface area contributed by atoms with Gasteiger partial charge in [-0.2, -0.15) is 4.31 Å². The zero-order valence-corrected chi connectivity index (χ0v) is 19.1. The van der Waals surface area contributed by atoms with Crippen LogP contribution in [0, 0.1) is 0 Å². The number of nitrogens with one attached hydrogen (secondary N) is 3. The molecule has 0 unspecified atom stereocenters. The van der Waals surface area contributed by atoms with Gasteiger partial charge in [0, 0.05) is 33.2 Å². The van der Waals surface area contributed by atoms with Gasteiger partial charge >= 0.3 is 6.03 Å². The lowest BCUT2D eigenvalue weighted by Gasteiger charge is -2.27. The molecule has 2 fully saturated rings. The second kappa shape index (κ2) is 10.3. The normalized spacial score (nSPS) is 17.9. The number of amides is 3. The van der Waals surface area contributed by atoms with Gasteiger partial charge in [-0.05, 0) is 43.9 Å². The minimum atomic E-state index is -3.59. The number of sulfonamides is 1. The minimum absolute atomic E-state index is 0.123. The second-order valence-corrected chi connectivity index (χ2v) is 10.3. The SMILES string of the molecule is CN(C)c1ccc(S(=O)(=O)N2CCCCC2)cc1NCC(=O)NC(=O)NC1CCCC1. The Morgan fingerprint density at radius 2 is 1.74 bits per heavy atom. The monoisotopic (exact) mass is 451 g/mol. The Morgan fingerprint density at radius 3 is 2.39 bits per heavy atom. The highest BCUT2D eigenvalue weighted by Crippen LogP contribution is 2.30. The predicted molar refractivity (Wildman–Crippen MR) is 121 cm³/mol. The van der Waals surface area contributed by atoms with E-state index in [2.05, 4.69) is 16.0 Å². The van der Waals surface area contributed by atoms with Crippen LogP contribution in [0.5, 0.6) is 0 Å². The van der Waals surface area contributed by atoms with Crippen LogP contribution in [-0.4, -0.2) is 64.4 Å². The molecule has 0 aromatic heterocycles. The van der Waals surface area contributed by atoms with Gasteiger partial charge in [-0.3, -0.25) is 10.1 Å². The van der Waals surface area contributed by atoms with E-state index in [0.717, 1.165) is 50.6 Å². The Morgan fingerprint density at radius 1 is 1.06 bits per heavy atom. The minimum Gasteiger partial charge on any atom is -0.376 e. The number of anilines is 2. The summed E-state index contributed by atoms with van der Waals surface area (Å²) in [6.07, 6.45) is 6.82. The van der Waals surface area contributed by atoms with Gasteiger partial charge in [0.1, 0.15) is 0 Å². The largest absolute Gasteiger partial charge is 0.376 e. The third kappa shape index (κ3) is 6.10. The van der Waals surface area contributed by atoms with E-state index in [1.165, 1.54) is 4.31 Å². The molecule has 0 atom stereocenters. The van der Waals surface area contributed by atoms with E-state index >= 15 is 0 Å². The van der Waals surface area contributed by atoms with Gasteiger partial charge in [0.15, 0.2) is 0 Å². The average Bonchev–Trinajstić information content (AvgIpc) is 3.25. The molecule has 0 radical (unpaired) electrons. The highest BCUT2D eigenvalue weighted by Gasteiger charge is 2.27. The highest BCUT2D eigenvalue weighted by atomic mass is 32.2. The first-order valence-corrected chi connectivity index (χ1v) is 12.4. The van der Waals surface area contributed by atoms with Crippen LogP contribution in [0.25, 0.3) is 0 Å². The van der Waals surface area contributed by atoms with E-state index in [1.54, 1.807) is 18.2 Å². The summed E-state index contributed by atoms with van der Waals surface area (Å²) in [5, 5.41) is 8.13. The molecule has 3 N–H and O–H groups in total. The molecule has 1 saturated carbocycles. The van der Waals surface area contributed by atoms with Gasteiger partial charge in [-0.15, -0.1) is 0 Å². The van der Waals surface area contributed by atoms with Gasteiger partial charge < -0.3 is 15.5 Å². The molecule has 9 nitrogen and oxygen atoms in total. The number of benzene rings is 1. The van der Waals surface area contributed by atoms with Crippen molar-refractivity contribution in [1.29, 1.82) is 0 Å². The molecule has 172 valence electrons. The van der Waals surface area contributed by atoms with Crippen molar-refractivity contribution < 1.29 is 18.0 Å². The molecule has 2 aliphatic rings. The van der Waals surface area contributed by atoms with E-state index in [4.69, 9.17) is 0 Å². The van der Waals surface area contributed by atoms with Crippen molar-refractivity contribution in [3.8, 4) is 0 Å². The first kappa shape index (κ1) is 23.3. The molecule has 1 heterocycles. The Hall–Kier alpha value is -2.33. The summed E-state index contributed by atoms with van der Waals surface area (Å²) in [7, 11) is 0.0956. The molecule has 0 spiro atoms. The number of imide groups is 1. The third-order valence-corrected chi connectivity index (χ3v) is 7.68. The summed E-state index contributed by atoms with van der Waals surface area (Å²) >= 11 is 0. The summed E-state index contributed by atoms with van der Waals surface area (Å²) in [6, 6.07) is 4.51. The molecule has 1 aromatic rings. The van der Waals surface area contributed by atoms with Gasteiger partial charge in [0.2, 0.25) is 15.9 Å². The van der Waals surface area contributed by atoms with Crippen LogP contribution >= 0.6 is 0 Å². The molecule has 3 rings (SSSR count). The number of urea groups is 1. The zero-order chi connectivity index (χ0) is 22.4. The van der Waals surface area contributed by atoms with Crippen LogP contribution in [0.4, 0.5) is 16.2 Å². The van der Waals surface area contributed by atoms with Gasteiger partial charge in [-0.1, -0.05) is 19.3 Å². The topological polar surface area (TPSA) is 111 Å². The van der Waals surface area contributed by atoms with Crippen molar-refractivity contribution in [2.75, 3.05) is 43.9 Å².